The fourth-order valence-corrected chi connectivity index (χ4v) is 2.57. The molecule has 8 nitrogen and oxygen atoms in total. The highest BCUT2D eigenvalue weighted by Crippen LogP contribution is 2.35. The second kappa shape index (κ2) is 6.58. The van der Waals surface area contributed by atoms with Gasteiger partial charge in [-0.25, -0.2) is 9.97 Å². The molecule has 0 spiro atoms. The smallest absolute Gasteiger partial charge is 0.282 e. The highest BCUT2D eigenvalue weighted by atomic mass is 35.5. The molecule has 0 fully saturated rings. The number of pyridine rings is 1. The lowest BCUT2D eigenvalue weighted by Gasteiger charge is -2.26. The third-order valence-corrected chi connectivity index (χ3v) is 3.67. The molecule has 1 aliphatic rings. The molecule has 0 aromatic carbocycles. The van der Waals surface area contributed by atoms with Crippen molar-refractivity contribution in [3.63, 3.8) is 0 Å². The second-order valence-corrected chi connectivity index (χ2v) is 5.58. The Morgan fingerprint density at radius 1 is 1.33 bits per heavy atom. The van der Waals surface area contributed by atoms with Gasteiger partial charge >= 0.3 is 0 Å². The van der Waals surface area contributed by atoms with Crippen molar-refractivity contribution in [2.45, 2.75) is 12.6 Å². The molecule has 1 atom stereocenters. The first-order valence-electron chi connectivity index (χ1n) is 6.75. The Hall–Kier alpha value is -2.45. The van der Waals surface area contributed by atoms with Crippen LogP contribution in [0.2, 0.25) is 5.02 Å². The lowest BCUT2D eigenvalue weighted by atomic mass is 10.3. The van der Waals surface area contributed by atoms with Crippen LogP contribution >= 0.6 is 23.2 Å². The summed E-state index contributed by atoms with van der Waals surface area (Å²) in [6.07, 6.45) is 0.0254. The Balaban J connectivity index is 2.06. The van der Waals surface area contributed by atoms with E-state index in [0.29, 0.717) is 23.0 Å². The van der Waals surface area contributed by atoms with E-state index in [0.717, 1.165) is 4.90 Å². The molecule has 1 amide bonds. The largest absolute Gasteiger partial charge is 0.520 e. The van der Waals surface area contributed by atoms with Crippen LogP contribution in [0, 0.1) is 0 Å². The van der Waals surface area contributed by atoms with Gasteiger partial charge in [-0.15, -0.1) is 11.6 Å². The van der Waals surface area contributed by atoms with Gasteiger partial charge in [-0.2, -0.15) is 0 Å². The maximum absolute atomic E-state index is 12.7. The van der Waals surface area contributed by atoms with E-state index in [9.17, 15) is 14.7 Å². The second-order valence-electron chi connectivity index (χ2n) is 4.76. The number of hydrogen-bond donors (Lipinski definition) is 0. The summed E-state index contributed by atoms with van der Waals surface area (Å²) in [6.45, 7) is 0. The van der Waals surface area contributed by atoms with Crippen LogP contribution in [0.4, 0.5) is 10.6 Å². The highest BCUT2D eigenvalue weighted by Gasteiger charge is 2.41. The number of aryl methyl sites for hydroxylation is 1. The number of amides is 1. The molecule has 10 heteroatoms. The fraction of sp³-hybridized carbons (Fsp3) is 0.214. The van der Waals surface area contributed by atoms with Gasteiger partial charge in [0.1, 0.15) is 11.5 Å². The number of aromatic nitrogens is 3. The molecule has 2 aromatic rings. The van der Waals surface area contributed by atoms with Gasteiger partial charge < -0.3 is 14.6 Å². The lowest BCUT2D eigenvalue weighted by Crippen LogP contribution is -2.35. The molecule has 1 aliphatic heterocycles. The van der Waals surface area contributed by atoms with E-state index in [1.54, 1.807) is 0 Å². The molecule has 3 heterocycles. The minimum Gasteiger partial charge on any atom is -0.520 e. The number of anilines is 1. The number of nitrogens with zero attached hydrogens (tertiary/aromatic N) is 4. The predicted molar refractivity (Wildman–Crippen MR) is 81.7 cm³/mol. The maximum Gasteiger partial charge on any atom is 0.282 e. The number of carboxylic acid groups (broad SMARTS) is 1. The Bertz CT molecular complexity index is 800. The number of carbonyl (C=O) groups is 2. The minimum atomic E-state index is -1.80. The van der Waals surface area contributed by atoms with E-state index in [-0.39, 0.29) is 17.2 Å². The summed E-state index contributed by atoms with van der Waals surface area (Å²) < 4.78 is 4.71. The van der Waals surface area contributed by atoms with E-state index >= 15 is 0 Å². The molecule has 0 saturated heterocycles. The molecule has 0 saturated carbocycles. The van der Waals surface area contributed by atoms with Crippen LogP contribution in [-0.4, -0.2) is 32.9 Å². The predicted octanol–water partition coefficient (Wildman–Crippen LogP) is 1.33. The van der Waals surface area contributed by atoms with Crippen molar-refractivity contribution in [3.05, 3.63) is 46.6 Å². The zero-order valence-electron chi connectivity index (χ0n) is 12.0. The van der Waals surface area contributed by atoms with Crippen molar-refractivity contribution >= 4 is 41.1 Å². The number of hydrogen-bond acceptors (Lipinski definition) is 7. The Labute approximate surface area is 146 Å². The van der Waals surface area contributed by atoms with Gasteiger partial charge in [0.15, 0.2) is 11.9 Å². The van der Waals surface area contributed by atoms with Crippen molar-refractivity contribution in [3.8, 4) is 0 Å². The summed E-state index contributed by atoms with van der Waals surface area (Å²) in [5, 5.41) is 11.3. The Kier molecular flexibility index (Phi) is 4.50. The number of rotatable bonds is 4. The van der Waals surface area contributed by atoms with Gasteiger partial charge in [0, 0.05) is 24.7 Å². The van der Waals surface area contributed by atoms with Gasteiger partial charge in [-0.1, -0.05) is 11.6 Å². The molecule has 2 aromatic heterocycles. The van der Waals surface area contributed by atoms with Gasteiger partial charge in [-0.05, 0) is 12.1 Å². The number of alkyl halides is 1. The van der Waals surface area contributed by atoms with Crippen LogP contribution in [0.25, 0.3) is 0 Å². The van der Waals surface area contributed by atoms with E-state index in [1.165, 1.54) is 24.5 Å². The van der Waals surface area contributed by atoms with Crippen molar-refractivity contribution in [2.24, 2.45) is 0 Å². The zero-order chi connectivity index (χ0) is 17.3. The summed E-state index contributed by atoms with van der Waals surface area (Å²) >= 11 is 11.4. The quantitative estimate of drug-likeness (QED) is 0.592. The van der Waals surface area contributed by atoms with Crippen molar-refractivity contribution in [1.29, 1.82) is 0 Å². The van der Waals surface area contributed by atoms with Crippen LogP contribution < -0.4 is 10.0 Å². The minimum absolute atomic E-state index is 0.0133. The summed E-state index contributed by atoms with van der Waals surface area (Å²) in [6, 6.07) is 2.97. The molecule has 24 heavy (non-hydrogen) atoms. The summed E-state index contributed by atoms with van der Waals surface area (Å²) in [4.78, 5) is 36.9. The number of ether oxygens (including phenoxy) is 1. The molecule has 0 aliphatic carbocycles. The van der Waals surface area contributed by atoms with Crippen LogP contribution in [0.5, 0.6) is 0 Å². The van der Waals surface area contributed by atoms with E-state index < -0.39 is 18.3 Å². The van der Waals surface area contributed by atoms with Crippen LogP contribution in [0.3, 0.4) is 0 Å². The van der Waals surface area contributed by atoms with Gasteiger partial charge in [0.05, 0.1) is 10.7 Å². The van der Waals surface area contributed by atoms with Gasteiger partial charge in [0.25, 0.3) is 12.1 Å². The standard InChI is InChI=1S/C14H10Cl2N4O4/c15-4-3-8-6-18-11-10(19-8)12(21)20(13(11)24-14(22)23)9-2-1-7(16)5-17-9/h1-2,5-6,13H,3-4H2,(H,22,23)/p-1/t13-/m0/s1. The average Bonchev–Trinajstić information content (AvgIpc) is 2.81. The molecule has 124 valence electrons. The topological polar surface area (TPSA) is 108 Å². The average molecular weight is 368 g/mol. The maximum atomic E-state index is 12.7. The number of halogens is 2. The normalized spacial score (nSPS) is 16.2. The monoisotopic (exact) mass is 367 g/mol. The van der Waals surface area contributed by atoms with E-state index in [2.05, 4.69) is 15.0 Å². The summed E-state index contributed by atoms with van der Waals surface area (Å²) in [7, 11) is 0. The first-order valence-corrected chi connectivity index (χ1v) is 7.67. The highest BCUT2D eigenvalue weighted by molar-refractivity contribution is 6.30. The summed E-state index contributed by atoms with van der Waals surface area (Å²) in [5.74, 6) is -0.132. The first kappa shape index (κ1) is 16.4. The number of carbonyl (C=O) groups excluding carboxylic acids is 2. The number of fused-ring (bicyclic) bond motifs is 1. The molecular weight excluding hydrogens is 359 g/mol. The molecule has 0 N–H and O–H groups in total. The van der Waals surface area contributed by atoms with Gasteiger partial charge in [0.2, 0.25) is 0 Å². The van der Waals surface area contributed by atoms with Crippen molar-refractivity contribution < 1.29 is 19.4 Å². The Morgan fingerprint density at radius 2 is 2.12 bits per heavy atom. The summed E-state index contributed by atoms with van der Waals surface area (Å²) in [5.41, 5.74) is 0.565. The molecular formula is C14H9Cl2N4O4-. The van der Waals surface area contributed by atoms with Gasteiger partial charge in [-0.3, -0.25) is 14.7 Å². The molecule has 3 rings (SSSR count). The molecule has 0 unspecified atom stereocenters. The van der Waals surface area contributed by atoms with Crippen LogP contribution in [0.1, 0.15) is 28.1 Å². The fourth-order valence-electron chi connectivity index (χ4n) is 2.27. The third kappa shape index (κ3) is 2.98. The van der Waals surface area contributed by atoms with E-state index in [1.807, 2.05) is 0 Å². The third-order valence-electron chi connectivity index (χ3n) is 3.26. The van der Waals surface area contributed by atoms with Crippen LogP contribution in [0.15, 0.2) is 24.5 Å². The lowest BCUT2D eigenvalue weighted by molar-refractivity contribution is -0.287. The van der Waals surface area contributed by atoms with E-state index in [4.69, 9.17) is 27.9 Å². The van der Waals surface area contributed by atoms with Crippen LogP contribution in [-0.2, 0) is 11.2 Å². The van der Waals surface area contributed by atoms with Crippen molar-refractivity contribution in [2.75, 3.05) is 10.8 Å². The zero-order valence-corrected chi connectivity index (χ0v) is 13.5. The molecule has 0 radical (unpaired) electrons. The Morgan fingerprint density at radius 3 is 2.75 bits per heavy atom. The SMILES string of the molecule is O=C([O-])O[C@H]1c2ncc(CCCl)nc2C(=O)N1c1ccc(Cl)cn1. The first-order chi connectivity index (χ1) is 11.5. The van der Waals surface area contributed by atoms with Crippen molar-refractivity contribution in [1.82, 2.24) is 15.0 Å². The molecule has 0 bridgehead atoms.